The van der Waals surface area contributed by atoms with Crippen LogP contribution in [-0.4, -0.2) is 17.4 Å². The van der Waals surface area contributed by atoms with Crippen molar-refractivity contribution in [1.82, 2.24) is 4.90 Å². The average molecular weight is 339 g/mol. The molecule has 0 fully saturated rings. The van der Waals surface area contributed by atoms with Crippen LogP contribution in [0.1, 0.15) is 65.4 Å². The molecule has 0 bridgehead atoms. The highest BCUT2D eigenvalue weighted by Gasteiger charge is 2.26. The van der Waals surface area contributed by atoms with Crippen LogP contribution in [0.3, 0.4) is 0 Å². The van der Waals surface area contributed by atoms with Gasteiger partial charge in [-0.1, -0.05) is 44.5 Å². The van der Waals surface area contributed by atoms with Gasteiger partial charge in [-0.3, -0.25) is 4.79 Å². The van der Waals surface area contributed by atoms with Gasteiger partial charge in [0.15, 0.2) is 0 Å². The van der Waals surface area contributed by atoms with Crippen molar-refractivity contribution in [3.63, 3.8) is 0 Å². The monoisotopic (exact) mass is 339 g/mol. The summed E-state index contributed by atoms with van der Waals surface area (Å²) < 4.78 is 5.48. The fourth-order valence-electron chi connectivity index (χ4n) is 3.54. The van der Waals surface area contributed by atoms with Crippen LogP contribution in [-0.2, 0) is 13.0 Å². The van der Waals surface area contributed by atoms with Gasteiger partial charge in [-0.15, -0.1) is 0 Å². The Labute approximate surface area is 148 Å². The first-order valence-corrected chi connectivity index (χ1v) is 9.02. The second kappa shape index (κ2) is 7.26. The van der Waals surface area contributed by atoms with E-state index in [9.17, 15) is 9.59 Å². The molecule has 2 aromatic rings. The summed E-state index contributed by atoms with van der Waals surface area (Å²) in [6.07, 6.45) is 2.80. The molecule has 1 aromatic heterocycles. The average Bonchev–Trinajstić information content (AvgIpc) is 2.60. The molecule has 0 N–H and O–H groups in total. The Hall–Kier alpha value is -2.36. The number of fused-ring (bicyclic) bond motifs is 1. The van der Waals surface area contributed by atoms with Gasteiger partial charge in [0.1, 0.15) is 11.3 Å². The summed E-state index contributed by atoms with van der Waals surface area (Å²) in [6.45, 7) is 7.15. The van der Waals surface area contributed by atoms with Gasteiger partial charge in [0.25, 0.3) is 5.91 Å². The molecule has 4 heteroatoms. The number of hydrogen-bond donors (Lipinski definition) is 0. The smallest absolute Gasteiger partial charge is 0.349 e. The molecule has 0 spiro atoms. The lowest BCUT2D eigenvalue weighted by Crippen LogP contribution is -2.38. The highest BCUT2D eigenvalue weighted by Crippen LogP contribution is 2.23. The van der Waals surface area contributed by atoms with Gasteiger partial charge in [-0.25, -0.2) is 4.79 Å². The SMILES string of the molecule is CCCC(C)c1cc(C)c(C(=O)N2CCc3ccccc3C2)c(=O)o1. The van der Waals surface area contributed by atoms with E-state index in [0.717, 1.165) is 24.8 Å². The first kappa shape index (κ1) is 17.5. The van der Waals surface area contributed by atoms with Crippen molar-refractivity contribution in [2.45, 2.75) is 52.5 Å². The van der Waals surface area contributed by atoms with Crippen LogP contribution in [0.5, 0.6) is 0 Å². The number of carbonyl (C=O) groups excluding carboxylic acids is 1. The molecule has 0 aliphatic carbocycles. The van der Waals surface area contributed by atoms with Gasteiger partial charge in [0.05, 0.1) is 0 Å². The first-order valence-electron chi connectivity index (χ1n) is 9.02. The van der Waals surface area contributed by atoms with Crippen LogP contribution < -0.4 is 5.63 Å². The lowest BCUT2D eigenvalue weighted by atomic mass is 9.98. The minimum Gasteiger partial charge on any atom is -0.427 e. The molecular formula is C21H25NO3. The minimum atomic E-state index is -0.512. The summed E-state index contributed by atoms with van der Waals surface area (Å²) in [4.78, 5) is 27.2. The zero-order valence-corrected chi connectivity index (χ0v) is 15.2. The van der Waals surface area contributed by atoms with Crippen molar-refractivity contribution in [2.24, 2.45) is 0 Å². The van der Waals surface area contributed by atoms with E-state index in [1.165, 1.54) is 5.56 Å². The Balaban J connectivity index is 1.87. The number of rotatable bonds is 4. The predicted molar refractivity (Wildman–Crippen MR) is 97.9 cm³/mol. The maximum atomic E-state index is 12.9. The molecule has 0 radical (unpaired) electrons. The molecule has 1 aromatic carbocycles. The van der Waals surface area contributed by atoms with E-state index in [-0.39, 0.29) is 17.4 Å². The van der Waals surface area contributed by atoms with Gasteiger partial charge < -0.3 is 9.32 Å². The Morgan fingerprint density at radius 1 is 1.28 bits per heavy atom. The van der Waals surface area contributed by atoms with Gasteiger partial charge >= 0.3 is 5.63 Å². The number of carbonyl (C=O) groups is 1. The topological polar surface area (TPSA) is 50.5 Å². The molecule has 1 atom stereocenters. The van der Waals surface area contributed by atoms with Crippen LogP contribution in [0.15, 0.2) is 39.5 Å². The Morgan fingerprint density at radius 3 is 2.68 bits per heavy atom. The largest absolute Gasteiger partial charge is 0.427 e. The maximum Gasteiger partial charge on any atom is 0.349 e. The summed E-state index contributed by atoms with van der Waals surface area (Å²) in [7, 11) is 0. The summed E-state index contributed by atoms with van der Waals surface area (Å²) in [5.41, 5.74) is 2.79. The van der Waals surface area contributed by atoms with Crippen LogP contribution in [0.4, 0.5) is 0 Å². The lowest BCUT2D eigenvalue weighted by Gasteiger charge is -2.29. The lowest BCUT2D eigenvalue weighted by molar-refractivity contribution is 0.0728. The molecule has 1 unspecified atom stereocenters. The van der Waals surface area contributed by atoms with Crippen molar-refractivity contribution in [3.8, 4) is 0 Å². The third kappa shape index (κ3) is 3.53. The third-order valence-electron chi connectivity index (χ3n) is 5.01. The van der Waals surface area contributed by atoms with Gasteiger partial charge in [0, 0.05) is 19.0 Å². The standard InChI is InChI=1S/C21H25NO3/c1-4-7-14(2)18-12-15(3)19(21(24)25-18)20(23)22-11-10-16-8-5-6-9-17(16)13-22/h5-6,8-9,12,14H,4,7,10-11,13H2,1-3H3. The highest BCUT2D eigenvalue weighted by atomic mass is 16.4. The van der Waals surface area contributed by atoms with E-state index in [4.69, 9.17) is 4.42 Å². The van der Waals surface area contributed by atoms with Gasteiger partial charge in [0.2, 0.25) is 0 Å². The Kier molecular flexibility index (Phi) is 5.07. The quantitative estimate of drug-likeness (QED) is 0.844. The van der Waals surface area contributed by atoms with Crippen LogP contribution in [0.2, 0.25) is 0 Å². The van der Waals surface area contributed by atoms with E-state index < -0.39 is 5.63 Å². The van der Waals surface area contributed by atoms with Crippen LogP contribution in [0.25, 0.3) is 0 Å². The fourth-order valence-corrected chi connectivity index (χ4v) is 3.54. The van der Waals surface area contributed by atoms with Gasteiger partial charge in [-0.2, -0.15) is 0 Å². The maximum absolute atomic E-state index is 12.9. The van der Waals surface area contributed by atoms with Crippen LogP contribution >= 0.6 is 0 Å². The predicted octanol–water partition coefficient (Wildman–Crippen LogP) is 4.05. The number of nitrogens with zero attached hydrogens (tertiary/aromatic N) is 1. The van der Waals surface area contributed by atoms with E-state index >= 15 is 0 Å². The van der Waals surface area contributed by atoms with Crippen molar-refractivity contribution in [1.29, 1.82) is 0 Å². The van der Waals surface area contributed by atoms with Gasteiger partial charge in [-0.05, 0) is 42.5 Å². The molecule has 0 saturated heterocycles. The first-order chi connectivity index (χ1) is 12.0. The summed E-state index contributed by atoms with van der Waals surface area (Å²) >= 11 is 0. The molecular weight excluding hydrogens is 314 g/mol. The molecule has 132 valence electrons. The Bertz CT molecular complexity index is 837. The number of hydrogen-bond acceptors (Lipinski definition) is 3. The fraction of sp³-hybridized carbons (Fsp3) is 0.429. The molecule has 0 saturated carbocycles. The normalized spacial score (nSPS) is 14.9. The summed E-state index contributed by atoms with van der Waals surface area (Å²) in [6, 6.07) is 9.99. The third-order valence-corrected chi connectivity index (χ3v) is 5.01. The van der Waals surface area contributed by atoms with Crippen molar-refractivity contribution < 1.29 is 9.21 Å². The molecule has 1 aliphatic heterocycles. The Morgan fingerprint density at radius 2 is 2.00 bits per heavy atom. The number of aryl methyl sites for hydroxylation is 1. The molecule has 3 rings (SSSR count). The second-order valence-electron chi connectivity index (χ2n) is 6.93. The van der Waals surface area contributed by atoms with Crippen molar-refractivity contribution in [3.05, 3.63) is 68.8 Å². The molecule has 4 nitrogen and oxygen atoms in total. The molecule has 25 heavy (non-hydrogen) atoms. The highest BCUT2D eigenvalue weighted by molar-refractivity contribution is 5.95. The van der Waals surface area contributed by atoms with E-state index in [1.54, 1.807) is 4.90 Å². The van der Waals surface area contributed by atoms with E-state index in [1.807, 2.05) is 38.1 Å². The zero-order valence-electron chi connectivity index (χ0n) is 15.2. The van der Waals surface area contributed by atoms with Crippen LogP contribution in [0, 0.1) is 6.92 Å². The zero-order chi connectivity index (χ0) is 18.0. The molecule has 1 aliphatic rings. The van der Waals surface area contributed by atoms with E-state index in [2.05, 4.69) is 13.0 Å². The molecule has 2 heterocycles. The summed E-state index contributed by atoms with van der Waals surface area (Å²) in [5, 5.41) is 0. The molecule has 1 amide bonds. The minimum absolute atomic E-state index is 0.173. The van der Waals surface area contributed by atoms with Crippen molar-refractivity contribution >= 4 is 5.91 Å². The number of amides is 1. The number of benzene rings is 1. The summed E-state index contributed by atoms with van der Waals surface area (Å²) in [5.74, 6) is 0.628. The van der Waals surface area contributed by atoms with E-state index in [0.29, 0.717) is 24.4 Å². The van der Waals surface area contributed by atoms with Crippen molar-refractivity contribution in [2.75, 3.05) is 6.54 Å². The second-order valence-corrected chi connectivity index (χ2v) is 6.93.